The van der Waals surface area contributed by atoms with Gasteiger partial charge in [-0.25, -0.2) is 0 Å². The second-order valence-corrected chi connectivity index (χ2v) is 4.66. The van der Waals surface area contributed by atoms with Crippen molar-refractivity contribution in [2.75, 3.05) is 24.6 Å². The van der Waals surface area contributed by atoms with Crippen LogP contribution in [0, 0.1) is 0 Å². The van der Waals surface area contributed by atoms with Crippen molar-refractivity contribution in [3.05, 3.63) is 0 Å². The molecule has 64 valence electrons. The summed E-state index contributed by atoms with van der Waals surface area (Å²) in [4.78, 5) is 2.57. The standard InChI is InChI=1S/C8H16N2S/c9-7-2-1-3-10(4-7)8-5-11-6-8/h7-8H,1-6,9H2. The minimum absolute atomic E-state index is 0.453. The van der Waals surface area contributed by atoms with E-state index in [-0.39, 0.29) is 0 Å². The Hall–Kier alpha value is 0.270. The maximum absolute atomic E-state index is 5.89. The summed E-state index contributed by atoms with van der Waals surface area (Å²) in [6, 6.07) is 1.32. The van der Waals surface area contributed by atoms with Gasteiger partial charge in [0.05, 0.1) is 0 Å². The summed E-state index contributed by atoms with van der Waals surface area (Å²) in [5.41, 5.74) is 5.89. The molecule has 1 unspecified atom stereocenters. The number of rotatable bonds is 1. The molecule has 0 bridgehead atoms. The fraction of sp³-hybridized carbons (Fsp3) is 1.00. The summed E-state index contributed by atoms with van der Waals surface area (Å²) in [6.45, 7) is 2.43. The Morgan fingerprint density at radius 3 is 2.73 bits per heavy atom. The molecule has 2 heterocycles. The number of hydrogen-bond donors (Lipinski definition) is 1. The Balaban J connectivity index is 1.82. The zero-order valence-electron chi connectivity index (χ0n) is 6.83. The van der Waals surface area contributed by atoms with Crippen molar-refractivity contribution in [2.24, 2.45) is 5.73 Å². The quantitative estimate of drug-likeness (QED) is 0.625. The molecule has 1 atom stereocenters. The lowest BCUT2D eigenvalue weighted by Crippen LogP contribution is -2.52. The highest BCUT2D eigenvalue weighted by atomic mass is 32.2. The second kappa shape index (κ2) is 3.33. The minimum Gasteiger partial charge on any atom is -0.327 e. The fourth-order valence-electron chi connectivity index (χ4n) is 1.81. The molecule has 0 aliphatic carbocycles. The van der Waals surface area contributed by atoms with Crippen molar-refractivity contribution in [3.63, 3.8) is 0 Å². The molecule has 2 rings (SSSR count). The van der Waals surface area contributed by atoms with E-state index in [1.165, 1.54) is 30.9 Å². The molecule has 3 heteroatoms. The summed E-state index contributed by atoms with van der Waals surface area (Å²) < 4.78 is 0. The third-order valence-electron chi connectivity index (χ3n) is 2.63. The Bertz CT molecular complexity index is 136. The summed E-state index contributed by atoms with van der Waals surface area (Å²) in [7, 11) is 0. The van der Waals surface area contributed by atoms with Crippen LogP contribution in [0.4, 0.5) is 0 Å². The van der Waals surface area contributed by atoms with E-state index >= 15 is 0 Å². The van der Waals surface area contributed by atoms with Gasteiger partial charge in [0.15, 0.2) is 0 Å². The predicted molar refractivity (Wildman–Crippen MR) is 49.9 cm³/mol. The van der Waals surface area contributed by atoms with Gasteiger partial charge >= 0.3 is 0 Å². The van der Waals surface area contributed by atoms with E-state index in [4.69, 9.17) is 5.73 Å². The summed E-state index contributed by atoms with van der Waals surface area (Å²) >= 11 is 2.06. The van der Waals surface area contributed by atoms with E-state index in [0.717, 1.165) is 12.6 Å². The zero-order chi connectivity index (χ0) is 7.68. The molecule has 2 aliphatic rings. The molecule has 0 amide bonds. The number of nitrogens with two attached hydrogens (primary N) is 1. The second-order valence-electron chi connectivity index (χ2n) is 3.59. The van der Waals surface area contributed by atoms with Gasteiger partial charge < -0.3 is 5.73 Å². The van der Waals surface area contributed by atoms with Gasteiger partial charge in [0.1, 0.15) is 0 Å². The minimum atomic E-state index is 0.453. The maximum atomic E-state index is 5.89. The summed E-state index contributed by atoms with van der Waals surface area (Å²) in [5.74, 6) is 2.68. The van der Waals surface area contributed by atoms with E-state index in [1.807, 2.05) is 0 Å². The van der Waals surface area contributed by atoms with Crippen LogP contribution in [0.5, 0.6) is 0 Å². The lowest BCUT2D eigenvalue weighted by molar-refractivity contribution is 0.168. The molecule has 2 fully saturated rings. The molecule has 0 aromatic rings. The van der Waals surface area contributed by atoms with Gasteiger partial charge in [-0.05, 0) is 19.4 Å². The first-order valence-electron chi connectivity index (χ1n) is 4.43. The number of piperidine rings is 1. The topological polar surface area (TPSA) is 29.3 Å². The van der Waals surface area contributed by atoms with E-state index in [0.29, 0.717) is 6.04 Å². The molecular formula is C8H16N2S. The van der Waals surface area contributed by atoms with Crippen LogP contribution in [0.1, 0.15) is 12.8 Å². The Kier molecular flexibility index (Phi) is 2.39. The highest BCUT2D eigenvalue weighted by Crippen LogP contribution is 2.25. The largest absolute Gasteiger partial charge is 0.327 e. The van der Waals surface area contributed by atoms with E-state index in [9.17, 15) is 0 Å². The van der Waals surface area contributed by atoms with Crippen LogP contribution >= 0.6 is 11.8 Å². The van der Waals surface area contributed by atoms with Gasteiger partial charge in [-0.1, -0.05) is 0 Å². The number of thioether (sulfide) groups is 1. The molecular weight excluding hydrogens is 156 g/mol. The van der Waals surface area contributed by atoms with Gasteiger partial charge in [0.25, 0.3) is 0 Å². The van der Waals surface area contributed by atoms with E-state index in [1.54, 1.807) is 0 Å². The lowest BCUT2D eigenvalue weighted by atomic mass is 10.1. The average molecular weight is 172 g/mol. The molecule has 11 heavy (non-hydrogen) atoms. The third-order valence-corrected chi connectivity index (χ3v) is 3.87. The van der Waals surface area contributed by atoms with Crippen LogP contribution in [0.3, 0.4) is 0 Å². The summed E-state index contributed by atoms with van der Waals surface area (Å²) in [5, 5.41) is 0. The van der Waals surface area contributed by atoms with Crippen molar-refractivity contribution in [1.29, 1.82) is 0 Å². The molecule has 0 spiro atoms. The molecule has 0 aromatic heterocycles. The Morgan fingerprint density at radius 1 is 1.36 bits per heavy atom. The van der Waals surface area contributed by atoms with Crippen LogP contribution in [0.2, 0.25) is 0 Å². The molecule has 2 aliphatic heterocycles. The fourth-order valence-corrected chi connectivity index (χ4v) is 2.67. The van der Waals surface area contributed by atoms with Crippen LogP contribution in [-0.2, 0) is 0 Å². The Morgan fingerprint density at radius 2 is 2.18 bits per heavy atom. The number of likely N-dealkylation sites (tertiary alicyclic amines) is 1. The first-order chi connectivity index (χ1) is 5.36. The van der Waals surface area contributed by atoms with Gasteiger partial charge in [-0.2, -0.15) is 11.8 Å². The Labute approximate surface area is 72.5 Å². The smallest absolute Gasteiger partial charge is 0.0277 e. The van der Waals surface area contributed by atoms with Crippen molar-refractivity contribution in [1.82, 2.24) is 4.90 Å². The van der Waals surface area contributed by atoms with Gasteiger partial charge in [-0.3, -0.25) is 4.90 Å². The lowest BCUT2D eigenvalue weighted by Gasteiger charge is -2.41. The molecule has 0 saturated carbocycles. The van der Waals surface area contributed by atoms with Crippen molar-refractivity contribution < 1.29 is 0 Å². The summed E-state index contributed by atoms with van der Waals surface area (Å²) in [6.07, 6.45) is 2.54. The van der Waals surface area contributed by atoms with Crippen LogP contribution in [0.15, 0.2) is 0 Å². The highest BCUT2D eigenvalue weighted by Gasteiger charge is 2.28. The molecule has 0 radical (unpaired) electrons. The number of nitrogens with zero attached hydrogens (tertiary/aromatic N) is 1. The van der Waals surface area contributed by atoms with Gasteiger partial charge in [0.2, 0.25) is 0 Å². The first-order valence-corrected chi connectivity index (χ1v) is 5.59. The monoisotopic (exact) mass is 172 g/mol. The normalized spacial score (nSPS) is 35.2. The molecule has 2 N–H and O–H groups in total. The van der Waals surface area contributed by atoms with Crippen LogP contribution < -0.4 is 5.73 Å². The maximum Gasteiger partial charge on any atom is 0.0277 e. The van der Waals surface area contributed by atoms with E-state index in [2.05, 4.69) is 16.7 Å². The molecule has 0 aromatic carbocycles. The average Bonchev–Trinajstić information content (AvgIpc) is 1.83. The van der Waals surface area contributed by atoms with Crippen molar-refractivity contribution in [2.45, 2.75) is 24.9 Å². The number of hydrogen-bond acceptors (Lipinski definition) is 3. The molecule has 2 nitrogen and oxygen atoms in total. The van der Waals surface area contributed by atoms with Crippen LogP contribution in [0.25, 0.3) is 0 Å². The highest BCUT2D eigenvalue weighted by molar-refractivity contribution is 8.00. The molecule has 2 saturated heterocycles. The van der Waals surface area contributed by atoms with Gasteiger partial charge in [-0.15, -0.1) is 0 Å². The van der Waals surface area contributed by atoms with Gasteiger partial charge in [0, 0.05) is 30.1 Å². The van der Waals surface area contributed by atoms with Crippen molar-refractivity contribution in [3.8, 4) is 0 Å². The zero-order valence-corrected chi connectivity index (χ0v) is 7.65. The first kappa shape index (κ1) is 7.90. The van der Waals surface area contributed by atoms with Crippen LogP contribution in [-0.4, -0.2) is 41.6 Å². The third kappa shape index (κ3) is 1.71. The predicted octanol–water partition coefficient (Wildman–Crippen LogP) is 0.525. The van der Waals surface area contributed by atoms with E-state index < -0.39 is 0 Å². The van der Waals surface area contributed by atoms with Crippen molar-refractivity contribution >= 4 is 11.8 Å². The SMILES string of the molecule is NC1CCCN(C2CSC2)C1.